The van der Waals surface area contributed by atoms with Gasteiger partial charge in [-0.3, -0.25) is 0 Å². The van der Waals surface area contributed by atoms with Crippen LogP contribution in [0.4, 0.5) is 0 Å². The van der Waals surface area contributed by atoms with Crippen LogP contribution in [-0.4, -0.2) is 0 Å². The van der Waals surface area contributed by atoms with E-state index in [2.05, 4.69) is 147 Å². The predicted octanol–water partition coefficient (Wildman–Crippen LogP) is 11.3. The second kappa shape index (κ2) is 8.05. The Morgan fingerprint density at radius 2 is 1.00 bits per heavy atom. The molecule has 0 nitrogen and oxygen atoms in total. The maximum absolute atomic E-state index is 2.42. The van der Waals surface area contributed by atoms with Gasteiger partial charge < -0.3 is 0 Å². The van der Waals surface area contributed by atoms with E-state index in [1.807, 2.05) is 0 Å². The van der Waals surface area contributed by atoms with Gasteiger partial charge in [-0.1, -0.05) is 123 Å². The Balaban J connectivity index is 1.16. The lowest BCUT2D eigenvalue weighted by Gasteiger charge is -2.22. The smallest absolute Gasteiger partial charge is 0.0159 e. The summed E-state index contributed by atoms with van der Waals surface area (Å²) >= 11 is 0. The van der Waals surface area contributed by atoms with Gasteiger partial charge in [-0.25, -0.2) is 0 Å². The molecule has 192 valence electrons. The van der Waals surface area contributed by atoms with Gasteiger partial charge in [-0.15, -0.1) is 0 Å². The Morgan fingerprint density at radius 3 is 1.88 bits per heavy atom. The van der Waals surface area contributed by atoms with E-state index in [9.17, 15) is 0 Å². The summed E-state index contributed by atoms with van der Waals surface area (Å²) in [5.41, 5.74) is 16.0. The van der Waals surface area contributed by atoms with E-state index >= 15 is 0 Å². The zero-order chi connectivity index (χ0) is 27.3. The lowest BCUT2D eigenvalue weighted by Crippen LogP contribution is -2.14. The van der Waals surface area contributed by atoms with Gasteiger partial charge in [0, 0.05) is 5.41 Å². The van der Waals surface area contributed by atoms with Crippen molar-refractivity contribution in [2.24, 2.45) is 0 Å². The van der Waals surface area contributed by atoms with Crippen LogP contribution in [0, 0.1) is 0 Å². The summed E-state index contributed by atoms with van der Waals surface area (Å²) in [5, 5.41) is 5.36. The molecule has 41 heavy (non-hydrogen) atoms. The van der Waals surface area contributed by atoms with Crippen molar-refractivity contribution >= 4 is 21.5 Å². The highest BCUT2D eigenvalue weighted by Gasteiger charge is 2.35. The quantitative estimate of drug-likeness (QED) is 0.199. The zero-order valence-electron chi connectivity index (χ0n) is 23.2. The van der Waals surface area contributed by atoms with Crippen LogP contribution in [-0.2, 0) is 5.41 Å². The lowest BCUT2D eigenvalue weighted by molar-refractivity contribution is 0.660. The number of benzene rings is 7. The fourth-order valence-electron chi connectivity index (χ4n) is 7.54. The van der Waals surface area contributed by atoms with Crippen molar-refractivity contribution in [3.63, 3.8) is 0 Å². The van der Waals surface area contributed by atoms with Gasteiger partial charge in [0.1, 0.15) is 0 Å². The Bertz CT molecular complexity index is 2230. The largest absolute Gasteiger partial charge is 0.0619 e. The number of hydrogen-bond acceptors (Lipinski definition) is 0. The Morgan fingerprint density at radius 1 is 0.366 bits per heavy atom. The van der Waals surface area contributed by atoms with Crippen molar-refractivity contribution in [1.82, 2.24) is 0 Å². The molecule has 0 heteroatoms. The Labute approximate surface area is 240 Å². The standard InChI is InChI=1S/C41H28/c1-41(2)38-16-6-5-13-32(38)33-20-18-28(24-39(33)41)26-11-7-10-25(21-26)27-17-19-31-35-15-8-14-34-30-12-4-3-9-29(30)23-37(40(34)35)36(31)22-27/h3-24H,1-2H3. The van der Waals surface area contributed by atoms with Crippen LogP contribution in [0.3, 0.4) is 0 Å². The highest BCUT2D eigenvalue weighted by Crippen LogP contribution is 2.51. The zero-order valence-corrected chi connectivity index (χ0v) is 23.2. The number of rotatable bonds is 2. The first-order valence-corrected chi connectivity index (χ1v) is 14.5. The van der Waals surface area contributed by atoms with Crippen molar-refractivity contribution in [3.8, 4) is 55.6 Å². The third kappa shape index (κ3) is 3.11. The van der Waals surface area contributed by atoms with E-state index in [0.717, 1.165) is 0 Å². The van der Waals surface area contributed by atoms with Gasteiger partial charge in [0.25, 0.3) is 0 Å². The molecule has 0 saturated carbocycles. The average Bonchev–Trinajstić information content (AvgIpc) is 3.46. The first-order chi connectivity index (χ1) is 20.1. The second-order valence-electron chi connectivity index (χ2n) is 12.1. The van der Waals surface area contributed by atoms with E-state index in [0.29, 0.717) is 0 Å². The van der Waals surface area contributed by atoms with E-state index < -0.39 is 0 Å². The lowest BCUT2D eigenvalue weighted by atomic mass is 9.81. The fourth-order valence-corrected chi connectivity index (χ4v) is 7.54. The van der Waals surface area contributed by atoms with Crippen LogP contribution >= 0.6 is 0 Å². The van der Waals surface area contributed by atoms with Crippen LogP contribution in [0.15, 0.2) is 133 Å². The Kier molecular flexibility index (Phi) is 4.49. The van der Waals surface area contributed by atoms with E-state index in [-0.39, 0.29) is 5.41 Å². The highest BCUT2D eigenvalue weighted by atomic mass is 14.4. The molecule has 0 atom stereocenters. The van der Waals surface area contributed by atoms with E-state index in [1.54, 1.807) is 0 Å². The molecule has 9 rings (SSSR count). The molecule has 0 radical (unpaired) electrons. The van der Waals surface area contributed by atoms with Crippen LogP contribution < -0.4 is 0 Å². The highest BCUT2D eigenvalue weighted by molar-refractivity contribution is 6.23. The van der Waals surface area contributed by atoms with E-state index in [4.69, 9.17) is 0 Å². The third-order valence-corrected chi connectivity index (χ3v) is 9.60. The van der Waals surface area contributed by atoms with Gasteiger partial charge in [-0.2, -0.15) is 0 Å². The topological polar surface area (TPSA) is 0 Å². The summed E-state index contributed by atoms with van der Waals surface area (Å²) in [6, 6.07) is 49.9. The molecule has 0 saturated heterocycles. The number of hydrogen-bond donors (Lipinski definition) is 0. The van der Waals surface area contributed by atoms with Crippen LogP contribution in [0.2, 0.25) is 0 Å². The second-order valence-corrected chi connectivity index (χ2v) is 12.1. The predicted molar refractivity (Wildman–Crippen MR) is 174 cm³/mol. The minimum Gasteiger partial charge on any atom is -0.0619 e. The fraction of sp³-hybridized carbons (Fsp3) is 0.0732. The minimum absolute atomic E-state index is 0.000270. The summed E-state index contributed by atoms with van der Waals surface area (Å²) in [7, 11) is 0. The molecule has 2 aliphatic rings. The SMILES string of the molecule is CC1(C)c2ccccc2-c2ccc(-c3cccc(-c4ccc5c(c4)-c4cc6ccccc6c6cccc-5c46)c3)cc21. The molecular formula is C41H28. The van der Waals surface area contributed by atoms with Gasteiger partial charge >= 0.3 is 0 Å². The van der Waals surface area contributed by atoms with Crippen molar-refractivity contribution in [3.05, 3.63) is 145 Å². The van der Waals surface area contributed by atoms with Gasteiger partial charge in [0.2, 0.25) is 0 Å². The summed E-state index contributed by atoms with van der Waals surface area (Å²) in [5.74, 6) is 0. The molecule has 7 aromatic rings. The molecule has 2 aliphatic carbocycles. The molecule has 0 unspecified atom stereocenters. The van der Waals surface area contributed by atoms with Gasteiger partial charge in [-0.05, 0) is 113 Å². The van der Waals surface area contributed by atoms with Crippen LogP contribution in [0.25, 0.3) is 77.2 Å². The molecule has 0 aromatic heterocycles. The maximum atomic E-state index is 2.42. The normalized spacial score (nSPS) is 13.8. The van der Waals surface area contributed by atoms with Crippen LogP contribution in [0.5, 0.6) is 0 Å². The average molecular weight is 521 g/mol. The monoisotopic (exact) mass is 520 g/mol. The van der Waals surface area contributed by atoms with Crippen molar-refractivity contribution in [1.29, 1.82) is 0 Å². The summed E-state index contributed by atoms with van der Waals surface area (Å²) < 4.78 is 0. The molecule has 0 heterocycles. The van der Waals surface area contributed by atoms with Gasteiger partial charge in [0.05, 0.1) is 0 Å². The molecule has 7 aromatic carbocycles. The van der Waals surface area contributed by atoms with Gasteiger partial charge in [0.15, 0.2) is 0 Å². The third-order valence-electron chi connectivity index (χ3n) is 9.60. The maximum Gasteiger partial charge on any atom is 0.0159 e. The van der Waals surface area contributed by atoms with Crippen molar-refractivity contribution < 1.29 is 0 Å². The summed E-state index contributed by atoms with van der Waals surface area (Å²) in [6.07, 6.45) is 0. The summed E-state index contributed by atoms with van der Waals surface area (Å²) in [4.78, 5) is 0. The van der Waals surface area contributed by atoms with Crippen LogP contribution in [0.1, 0.15) is 25.0 Å². The molecule has 0 bridgehead atoms. The van der Waals surface area contributed by atoms with Crippen molar-refractivity contribution in [2.45, 2.75) is 19.3 Å². The molecule has 0 aliphatic heterocycles. The first-order valence-electron chi connectivity index (χ1n) is 14.5. The molecular weight excluding hydrogens is 492 g/mol. The molecule has 0 fully saturated rings. The molecule has 0 amide bonds. The van der Waals surface area contributed by atoms with Crippen molar-refractivity contribution in [2.75, 3.05) is 0 Å². The Hall–Kier alpha value is -4.94. The first kappa shape index (κ1) is 22.8. The molecule has 0 N–H and O–H groups in total. The molecule has 0 spiro atoms. The number of fused-ring (bicyclic) bond motifs is 8. The van der Waals surface area contributed by atoms with E-state index in [1.165, 1.54) is 88.3 Å². The minimum atomic E-state index is -0.000270. The summed E-state index contributed by atoms with van der Waals surface area (Å²) in [6.45, 7) is 4.70.